The molecule has 4 aliphatic carbocycles. The molecule has 0 amide bonds. The summed E-state index contributed by atoms with van der Waals surface area (Å²) in [5, 5.41) is 20.5. The molecule has 5 saturated heterocycles. The maximum atomic E-state index is 13.8. The second-order valence-electron chi connectivity index (χ2n) is 17.9. The van der Waals surface area contributed by atoms with Gasteiger partial charge in [-0.25, -0.2) is 33.7 Å². The molecule has 5 aliphatic heterocycles. The fourth-order valence-corrected chi connectivity index (χ4v) is 24.3. The van der Waals surface area contributed by atoms with Crippen molar-refractivity contribution in [2.45, 2.75) is 147 Å². The number of nitrogens with one attached hydrogen (secondary N) is 8. The van der Waals surface area contributed by atoms with Crippen LogP contribution in [0.5, 0.6) is 0 Å². The Morgan fingerprint density at radius 1 is 0.298 bits per heavy atom. The van der Waals surface area contributed by atoms with Gasteiger partial charge in [-0.15, -0.1) is 0 Å². The van der Waals surface area contributed by atoms with Crippen LogP contribution in [0.1, 0.15) is 77.0 Å². The average molecular weight is 1010 g/mol. The normalized spacial score (nSPS) is 50.2. The summed E-state index contributed by atoms with van der Waals surface area (Å²) in [6.45, 7) is 0. The molecule has 0 spiro atoms. The van der Waals surface area contributed by atoms with Gasteiger partial charge in [0.15, 0.2) is 0 Å². The van der Waals surface area contributed by atoms with E-state index in [1.165, 1.54) is 12.8 Å². The fourth-order valence-electron chi connectivity index (χ4n) is 13.3. The average Bonchev–Trinajstić information content (AvgIpc) is 3.84. The molecular formula is C32H52Cl4N8NiO8S4. The van der Waals surface area contributed by atoms with Crippen LogP contribution in [0.15, 0.2) is 0 Å². The van der Waals surface area contributed by atoms with Crippen molar-refractivity contribution < 1.29 is 50.2 Å². The van der Waals surface area contributed by atoms with E-state index in [-0.39, 0.29) is 64.8 Å². The van der Waals surface area contributed by atoms with Gasteiger partial charge in [0.2, 0.25) is 36.2 Å². The molecular weight excluding hydrogens is 953 g/mol. The van der Waals surface area contributed by atoms with E-state index in [0.717, 1.165) is 64.2 Å². The number of rotatable bonds is 4. The minimum absolute atomic E-state index is 0. The Hall–Kier alpha value is 1.13. The third kappa shape index (κ3) is 8.13. The molecule has 9 fully saturated rings. The number of hydrogen-bond donors (Lipinski definition) is 8. The summed E-state index contributed by atoms with van der Waals surface area (Å²) in [6, 6.07) is 0. The van der Waals surface area contributed by atoms with E-state index in [4.69, 9.17) is 42.7 Å². The van der Waals surface area contributed by atoms with Crippen LogP contribution in [-0.2, 0) is 52.7 Å². The van der Waals surface area contributed by atoms with Gasteiger partial charge in [-0.2, -0.15) is 0 Å². The van der Waals surface area contributed by atoms with Crippen LogP contribution in [0.25, 0.3) is 0 Å². The summed E-state index contributed by atoms with van der Waals surface area (Å²) < 4.78 is 109. The Bertz CT molecular complexity index is 1860. The molecule has 0 aromatic heterocycles. The Kier molecular flexibility index (Phi) is 12.8. The van der Waals surface area contributed by atoms with Crippen LogP contribution < -0.4 is 42.5 Å². The topological polar surface area (TPSA) is 233 Å². The second-order valence-corrected chi connectivity index (χ2v) is 29.1. The van der Waals surface area contributed by atoms with E-state index < -0.39 is 93.7 Å². The minimum Gasteiger partial charge on any atom is -0.286 e. The largest absolute Gasteiger partial charge is 0.286 e. The molecule has 330 valence electrons. The first-order valence-electron chi connectivity index (χ1n) is 20.1. The van der Waals surface area contributed by atoms with E-state index in [1.807, 2.05) is 0 Å². The summed E-state index contributed by atoms with van der Waals surface area (Å²) in [5.41, 5.74) is 0. The molecule has 16 nitrogen and oxygen atoms in total. The molecule has 0 radical (unpaired) electrons. The zero-order valence-electron chi connectivity index (χ0n) is 30.8. The number of halogens is 4. The molecule has 25 heteroatoms. The molecule has 0 aromatic carbocycles. The van der Waals surface area contributed by atoms with Gasteiger partial charge < -0.3 is 0 Å². The molecule has 20 atom stereocenters. The molecule has 9 rings (SSSR count). The summed E-state index contributed by atoms with van der Waals surface area (Å²) in [7, 11) is 3.81. The monoisotopic (exact) mass is 1000 g/mol. The van der Waals surface area contributed by atoms with Gasteiger partial charge in [-0.3, -0.25) is 42.5 Å². The summed E-state index contributed by atoms with van der Waals surface area (Å²) in [6.07, 6.45) is 9.04. The van der Waals surface area contributed by atoms with Crippen molar-refractivity contribution >= 4 is 78.9 Å². The predicted molar refractivity (Wildman–Crippen MR) is 213 cm³/mol. The molecule has 8 bridgehead atoms. The van der Waals surface area contributed by atoms with Gasteiger partial charge in [-0.1, -0.05) is 38.5 Å². The van der Waals surface area contributed by atoms with Crippen molar-refractivity contribution in [2.24, 2.45) is 47.3 Å². The van der Waals surface area contributed by atoms with Gasteiger partial charge in [0.25, 0.3) is 0 Å². The van der Waals surface area contributed by atoms with Crippen LogP contribution in [0.3, 0.4) is 0 Å². The van der Waals surface area contributed by atoms with Gasteiger partial charge in [-0.05, 0) is 74.0 Å². The molecule has 4 saturated carbocycles. The zero-order chi connectivity index (χ0) is 39.7. The van der Waals surface area contributed by atoms with Crippen molar-refractivity contribution in [3.8, 4) is 0 Å². The third-order valence-corrected chi connectivity index (χ3v) is 23.3. The molecule has 5 heterocycles. The van der Waals surface area contributed by atoms with Crippen LogP contribution in [-0.4, -0.2) is 104 Å². The van der Waals surface area contributed by atoms with Gasteiger partial charge in [0.05, 0.1) is 49.3 Å². The van der Waals surface area contributed by atoms with Crippen LogP contribution >= 0.6 is 42.7 Å². The zero-order valence-corrected chi connectivity index (χ0v) is 38.0. The van der Waals surface area contributed by atoms with Gasteiger partial charge in [0.1, 0.15) is 21.0 Å². The summed E-state index contributed by atoms with van der Waals surface area (Å²) >= 11 is 0. The molecule has 20 unspecified atom stereocenters. The van der Waals surface area contributed by atoms with Crippen molar-refractivity contribution in [1.82, 2.24) is 42.5 Å². The van der Waals surface area contributed by atoms with E-state index in [1.54, 1.807) is 0 Å². The van der Waals surface area contributed by atoms with Crippen LogP contribution in [0, 0.1) is 47.3 Å². The van der Waals surface area contributed by atoms with Crippen LogP contribution in [0.4, 0.5) is 0 Å². The van der Waals surface area contributed by atoms with Crippen molar-refractivity contribution in [3.05, 3.63) is 0 Å². The Morgan fingerprint density at radius 3 is 0.667 bits per heavy atom. The van der Waals surface area contributed by atoms with E-state index in [0.29, 0.717) is 11.8 Å². The van der Waals surface area contributed by atoms with Crippen molar-refractivity contribution in [3.63, 3.8) is 0 Å². The SMILES string of the molecule is O=S(=O)(Cl)C1C2C3NC4NC(NC5NC(NC6NC(NC(N3)C2C(S(=O)(=O)Cl)C(S(=O)(=O)Cl)C1S(=O)(=O)Cl)C1CCCCC61)C1CCCCC51)C1CCCCC41.[Ni]. The summed E-state index contributed by atoms with van der Waals surface area (Å²) in [5.74, 6) is -1.49. The first-order chi connectivity index (χ1) is 26.3. The van der Waals surface area contributed by atoms with Crippen molar-refractivity contribution in [2.75, 3.05) is 0 Å². The minimum atomic E-state index is -5.19. The van der Waals surface area contributed by atoms with E-state index >= 15 is 0 Å². The van der Waals surface area contributed by atoms with Crippen LogP contribution in [0.2, 0.25) is 0 Å². The van der Waals surface area contributed by atoms with E-state index in [9.17, 15) is 33.7 Å². The maximum absolute atomic E-state index is 13.8. The number of hydrogen-bond acceptors (Lipinski definition) is 16. The Balaban J connectivity index is 0.00000455. The molecule has 57 heavy (non-hydrogen) atoms. The smallest absolute Gasteiger partial charge is 0.238 e. The van der Waals surface area contributed by atoms with Gasteiger partial charge >= 0.3 is 0 Å². The second kappa shape index (κ2) is 16.3. The van der Waals surface area contributed by atoms with Gasteiger partial charge in [0, 0.05) is 71.1 Å². The first kappa shape index (κ1) is 44.7. The molecule has 0 aromatic rings. The van der Waals surface area contributed by atoms with E-state index in [2.05, 4.69) is 42.5 Å². The molecule has 8 N–H and O–H groups in total. The fraction of sp³-hybridized carbons (Fsp3) is 1.00. The Labute approximate surface area is 363 Å². The summed E-state index contributed by atoms with van der Waals surface area (Å²) in [4.78, 5) is 0. The third-order valence-electron chi connectivity index (χ3n) is 15.3. The number of fused-ring (bicyclic) bond motifs is 20. The van der Waals surface area contributed by atoms with Crippen molar-refractivity contribution in [1.29, 1.82) is 0 Å². The predicted octanol–water partition coefficient (Wildman–Crippen LogP) is 0.792. The standard InChI is InChI=1S/C32H52Cl4N8O8S4.Ni/c33-53(45,46)21-19-20(22(54(34,47)48)24(56(36,51)52)23(21)55(35,49)50)32-43-30-18-12-6-4-10-16(18)28(41-30)39-26-14-8-2-1-7-13(14)25(37-26)38-27-15-9-3-5-11-17(15)29(40-27)42-31(19)44-32;/h13-32,37-44H,1-12H2;. The Morgan fingerprint density at radius 2 is 0.474 bits per heavy atom. The maximum Gasteiger partial charge on any atom is 0.238 e. The first-order valence-corrected chi connectivity index (χ1v) is 29.6. The quantitative estimate of drug-likeness (QED) is 0.144. The molecule has 9 aliphatic rings.